The van der Waals surface area contributed by atoms with Crippen molar-refractivity contribution in [2.24, 2.45) is 0 Å². The predicted molar refractivity (Wildman–Crippen MR) is 84.4 cm³/mol. The van der Waals surface area contributed by atoms with Crippen LogP contribution in [-0.2, 0) is 0 Å². The van der Waals surface area contributed by atoms with E-state index in [1.807, 2.05) is 12.1 Å². The molecule has 1 aliphatic heterocycles. The van der Waals surface area contributed by atoms with E-state index in [0.29, 0.717) is 17.0 Å². The molecular formula is C17H18N2O3. The lowest BCUT2D eigenvalue weighted by Gasteiger charge is -2.24. The Labute approximate surface area is 128 Å². The smallest absolute Gasteiger partial charge is 0.356 e. The molecule has 1 fully saturated rings. The Balaban J connectivity index is 2.27. The normalized spacial score (nSPS) is 15.4. The summed E-state index contributed by atoms with van der Waals surface area (Å²) in [5.74, 6) is 0.682. The van der Waals surface area contributed by atoms with Gasteiger partial charge in [-0.1, -0.05) is 12.8 Å². The number of hydrogen-bond donors (Lipinski definition) is 0. The maximum Gasteiger partial charge on any atom is 0.356 e. The summed E-state index contributed by atoms with van der Waals surface area (Å²) in [5.41, 5.74) is 0.695. The van der Waals surface area contributed by atoms with Gasteiger partial charge in [0.2, 0.25) is 0 Å². The molecule has 0 radical (unpaired) electrons. The first-order valence-corrected chi connectivity index (χ1v) is 7.54. The van der Waals surface area contributed by atoms with Gasteiger partial charge in [-0.15, -0.1) is 0 Å². The Morgan fingerprint density at radius 1 is 1.23 bits per heavy atom. The van der Waals surface area contributed by atoms with Crippen molar-refractivity contribution < 1.29 is 9.15 Å². The molecule has 2 aromatic rings. The van der Waals surface area contributed by atoms with Crippen LogP contribution in [0.1, 0.15) is 31.2 Å². The van der Waals surface area contributed by atoms with Crippen molar-refractivity contribution in [2.45, 2.75) is 25.7 Å². The molecule has 1 aromatic heterocycles. The molecule has 22 heavy (non-hydrogen) atoms. The van der Waals surface area contributed by atoms with E-state index in [-0.39, 0.29) is 5.56 Å². The first kappa shape index (κ1) is 14.5. The zero-order valence-electron chi connectivity index (χ0n) is 12.6. The minimum absolute atomic E-state index is 0.0858. The Morgan fingerprint density at radius 2 is 1.95 bits per heavy atom. The van der Waals surface area contributed by atoms with Crippen molar-refractivity contribution in [3.05, 3.63) is 34.2 Å². The quantitative estimate of drug-likeness (QED) is 0.797. The van der Waals surface area contributed by atoms with Crippen LogP contribution in [0, 0.1) is 11.3 Å². The zero-order valence-corrected chi connectivity index (χ0v) is 12.6. The maximum atomic E-state index is 12.1. The van der Waals surface area contributed by atoms with E-state index < -0.39 is 5.63 Å². The average Bonchev–Trinajstić information content (AvgIpc) is 2.82. The van der Waals surface area contributed by atoms with Crippen LogP contribution in [0.15, 0.2) is 27.4 Å². The van der Waals surface area contributed by atoms with E-state index in [4.69, 9.17) is 9.15 Å². The van der Waals surface area contributed by atoms with Gasteiger partial charge >= 0.3 is 5.63 Å². The predicted octanol–water partition coefficient (Wildman–Crippen LogP) is 3.05. The fourth-order valence-corrected chi connectivity index (χ4v) is 3.01. The zero-order chi connectivity index (χ0) is 15.5. The molecule has 0 unspecified atom stereocenters. The van der Waals surface area contributed by atoms with Gasteiger partial charge in [0.05, 0.1) is 12.8 Å². The molecule has 0 saturated carbocycles. The van der Waals surface area contributed by atoms with Crippen LogP contribution in [0.25, 0.3) is 11.0 Å². The molecule has 0 aliphatic carbocycles. The molecule has 114 valence electrons. The Kier molecular flexibility index (Phi) is 4.01. The molecule has 3 rings (SSSR count). The molecule has 1 saturated heterocycles. The van der Waals surface area contributed by atoms with Crippen LogP contribution < -0.4 is 15.3 Å². The summed E-state index contributed by atoms with van der Waals surface area (Å²) in [7, 11) is 1.59. The molecule has 2 heterocycles. The van der Waals surface area contributed by atoms with Crippen molar-refractivity contribution in [1.82, 2.24) is 0 Å². The van der Waals surface area contributed by atoms with Crippen LogP contribution >= 0.6 is 0 Å². The lowest BCUT2D eigenvalue weighted by molar-refractivity contribution is 0.415. The van der Waals surface area contributed by atoms with Crippen LogP contribution in [0.5, 0.6) is 5.75 Å². The van der Waals surface area contributed by atoms with Gasteiger partial charge < -0.3 is 14.1 Å². The lowest BCUT2D eigenvalue weighted by atomic mass is 10.1. The van der Waals surface area contributed by atoms with Crippen LogP contribution in [-0.4, -0.2) is 20.2 Å². The largest absolute Gasteiger partial charge is 0.497 e. The molecule has 0 spiro atoms. The molecule has 0 N–H and O–H groups in total. The molecule has 5 nitrogen and oxygen atoms in total. The number of nitriles is 1. The van der Waals surface area contributed by atoms with Gasteiger partial charge in [-0.05, 0) is 31.0 Å². The summed E-state index contributed by atoms with van der Waals surface area (Å²) in [6.07, 6.45) is 4.50. The Hall–Kier alpha value is -2.48. The monoisotopic (exact) mass is 298 g/mol. The highest BCUT2D eigenvalue weighted by Crippen LogP contribution is 2.32. The van der Waals surface area contributed by atoms with Crippen molar-refractivity contribution in [1.29, 1.82) is 5.26 Å². The summed E-state index contributed by atoms with van der Waals surface area (Å²) < 4.78 is 10.6. The standard InChI is InChI=1S/C17H18N2O3/c1-21-12-6-7-15-13(10-12)16(14(11-18)17(20)22-15)19-8-4-2-3-5-9-19/h6-7,10H,2-5,8-9H2,1H3. The number of methoxy groups -OCH3 is 1. The third-order valence-corrected chi connectivity index (χ3v) is 4.12. The van der Waals surface area contributed by atoms with Crippen molar-refractivity contribution >= 4 is 16.7 Å². The number of rotatable bonds is 2. The average molecular weight is 298 g/mol. The summed E-state index contributed by atoms with van der Waals surface area (Å²) in [6.45, 7) is 1.70. The number of fused-ring (bicyclic) bond motifs is 1. The van der Waals surface area contributed by atoms with Gasteiger partial charge in [0, 0.05) is 18.5 Å². The van der Waals surface area contributed by atoms with Crippen molar-refractivity contribution in [2.75, 3.05) is 25.1 Å². The highest BCUT2D eigenvalue weighted by molar-refractivity contribution is 5.94. The van der Waals surface area contributed by atoms with E-state index in [2.05, 4.69) is 4.90 Å². The molecule has 0 amide bonds. The van der Waals surface area contributed by atoms with Crippen molar-refractivity contribution in [3.8, 4) is 11.8 Å². The number of ether oxygens (including phenoxy) is 1. The summed E-state index contributed by atoms with van der Waals surface area (Å²) in [6, 6.07) is 7.33. The van der Waals surface area contributed by atoms with Gasteiger partial charge in [0.25, 0.3) is 0 Å². The van der Waals surface area contributed by atoms with Gasteiger partial charge in [-0.3, -0.25) is 0 Å². The number of nitrogens with zero attached hydrogens (tertiary/aromatic N) is 2. The fourth-order valence-electron chi connectivity index (χ4n) is 3.01. The molecule has 1 aliphatic rings. The summed E-state index contributed by atoms with van der Waals surface area (Å²) in [5, 5.41) is 10.2. The second-order valence-corrected chi connectivity index (χ2v) is 5.49. The molecule has 5 heteroatoms. The fraction of sp³-hybridized carbons (Fsp3) is 0.412. The van der Waals surface area contributed by atoms with Gasteiger partial charge in [-0.2, -0.15) is 5.26 Å². The first-order valence-electron chi connectivity index (χ1n) is 7.54. The van der Waals surface area contributed by atoms with E-state index >= 15 is 0 Å². The number of anilines is 1. The van der Waals surface area contributed by atoms with Crippen LogP contribution in [0.3, 0.4) is 0 Å². The second kappa shape index (κ2) is 6.10. The highest BCUT2D eigenvalue weighted by Gasteiger charge is 2.21. The van der Waals surface area contributed by atoms with E-state index in [1.165, 1.54) is 12.8 Å². The van der Waals surface area contributed by atoms with E-state index in [0.717, 1.165) is 31.3 Å². The first-order chi connectivity index (χ1) is 10.7. The third kappa shape index (κ3) is 2.52. The molecular weight excluding hydrogens is 280 g/mol. The van der Waals surface area contributed by atoms with Gasteiger partial charge in [0.15, 0.2) is 5.56 Å². The maximum absolute atomic E-state index is 12.1. The number of benzene rings is 1. The number of hydrogen-bond acceptors (Lipinski definition) is 5. The van der Waals surface area contributed by atoms with Crippen LogP contribution in [0.2, 0.25) is 0 Å². The van der Waals surface area contributed by atoms with E-state index in [9.17, 15) is 10.1 Å². The summed E-state index contributed by atoms with van der Waals surface area (Å²) in [4.78, 5) is 14.3. The minimum Gasteiger partial charge on any atom is -0.497 e. The Bertz CT molecular complexity index is 781. The molecule has 1 aromatic carbocycles. The minimum atomic E-state index is -0.570. The topological polar surface area (TPSA) is 66.5 Å². The second-order valence-electron chi connectivity index (χ2n) is 5.49. The Morgan fingerprint density at radius 3 is 2.59 bits per heavy atom. The summed E-state index contributed by atoms with van der Waals surface area (Å²) >= 11 is 0. The highest BCUT2D eigenvalue weighted by atomic mass is 16.5. The van der Waals surface area contributed by atoms with Crippen LogP contribution in [0.4, 0.5) is 5.69 Å². The van der Waals surface area contributed by atoms with Gasteiger partial charge in [-0.25, -0.2) is 4.79 Å². The van der Waals surface area contributed by atoms with Gasteiger partial charge in [0.1, 0.15) is 17.4 Å². The van der Waals surface area contributed by atoms with Crippen molar-refractivity contribution in [3.63, 3.8) is 0 Å². The molecule has 0 atom stereocenters. The third-order valence-electron chi connectivity index (χ3n) is 4.12. The molecule has 0 bridgehead atoms. The van der Waals surface area contributed by atoms with E-state index in [1.54, 1.807) is 19.2 Å². The SMILES string of the molecule is COc1ccc2oc(=O)c(C#N)c(N3CCCCCC3)c2c1. The lowest BCUT2D eigenvalue weighted by Crippen LogP contribution is -2.27.